The van der Waals surface area contributed by atoms with E-state index in [2.05, 4.69) is 53.1 Å². The Balaban J connectivity index is 3.16. The average Bonchev–Trinajstić information content (AvgIpc) is 2.37. The first-order valence-electron chi connectivity index (χ1n) is 5.90. The lowest BCUT2D eigenvalue weighted by Gasteiger charge is -2.16. The molecule has 0 heterocycles. The number of rotatable bonds is 5. The van der Waals surface area contributed by atoms with Crippen LogP contribution in [0.2, 0.25) is 0 Å². The van der Waals surface area contributed by atoms with Crippen molar-refractivity contribution >= 4 is 63.5 Å². The van der Waals surface area contributed by atoms with Gasteiger partial charge in [0.1, 0.15) is 0 Å². The van der Waals surface area contributed by atoms with E-state index in [1.54, 1.807) is 12.1 Å². The maximum atomic E-state index is 12.4. The number of hydrogen-bond donors (Lipinski definition) is 1. The number of unbranched alkanes of at least 4 members (excludes halogenated alkanes) is 1. The van der Waals surface area contributed by atoms with Gasteiger partial charge in [0.2, 0.25) is 11.3 Å². The minimum atomic E-state index is -3.79. The van der Waals surface area contributed by atoms with Crippen LogP contribution in [0.4, 0.5) is 0 Å². The van der Waals surface area contributed by atoms with Gasteiger partial charge >= 0.3 is 0 Å². The maximum Gasteiger partial charge on any atom is 0.252 e. The Kier molecular flexibility index (Phi) is 6.69. The van der Waals surface area contributed by atoms with E-state index in [1.807, 2.05) is 6.92 Å². The predicted molar refractivity (Wildman–Crippen MR) is 90.4 cm³/mol. The van der Waals surface area contributed by atoms with Crippen LogP contribution >= 0.6 is 47.8 Å². The lowest BCUT2D eigenvalue weighted by Crippen LogP contribution is -2.28. The molecule has 1 rings (SSSR count). The third-order valence-corrected chi connectivity index (χ3v) is 7.92. The highest BCUT2D eigenvalue weighted by atomic mass is 80.0. The molecule has 0 fully saturated rings. The van der Waals surface area contributed by atoms with Crippen LogP contribution in [0.3, 0.4) is 0 Å². The zero-order chi connectivity index (χ0) is 15.4. The largest absolute Gasteiger partial charge is 0.352 e. The van der Waals surface area contributed by atoms with Crippen molar-refractivity contribution in [3.05, 3.63) is 29.8 Å². The summed E-state index contributed by atoms with van der Waals surface area (Å²) >= 11 is 8.99. The quantitative estimate of drug-likeness (QED) is 0.503. The average molecular weight is 492 g/mol. The summed E-state index contributed by atoms with van der Waals surface area (Å²) in [5.41, 5.74) is 0.131. The third-order valence-electron chi connectivity index (χ3n) is 2.54. The number of alkyl halides is 3. The smallest absolute Gasteiger partial charge is 0.252 e. The summed E-state index contributed by atoms with van der Waals surface area (Å²) in [5.74, 6) is -0.394. The van der Waals surface area contributed by atoms with Crippen molar-refractivity contribution in [1.82, 2.24) is 5.32 Å². The van der Waals surface area contributed by atoms with E-state index in [-0.39, 0.29) is 10.5 Å². The molecule has 0 unspecified atom stereocenters. The van der Waals surface area contributed by atoms with Crippen LogP contribution < -0.4 is 5.32 Å². The molecule has 20 heavy (non-hydrogen) atoms. The topological polar surface area (TPSA) is 63.2 Å². The van der Waals surface area contributed by atoms with Crippen LogP contribution in [0, 0.1) is 0 Å². The van der Waals surface area contributed by atoms with Crippen LogP contribution in [0.5, 0.6) is 0 Å². The second-order valence-corrected chi connectivity index (χ2v) is 14.4. The van der Waals surface area contributed by atoms with Crippen LogP contribution in [0.25, 0.3) is 0 Å². The molecule has 0 aliphatic heterocycles. The van der Waals surface area contributed by atoms with Crippen molar-refractivity contribution in [3.63, 3.8) is 0 Å². The van der Waals surface area contributed by atoms with Gasteiger partial charge in [-0.3, -0.25) is 4.79 Å². The second kappa shape index (κ2) is 7.38. The molecule has 0 bridgehead atoms. The normalized spacial score (nSPS) is 12.2. The molecule has 0 saturated carbocycles. The fraction of sp³-hybridized carbons (Fsp3) is 0.417. The third kappa shape index (κ3) is 4.29. The summed E-state index contributed by atoms with van der Waals surface area (Å²) in [4.78, 5) is 12.1. The monoisotopic (exact) mass is 489 g/mol. The molecule has 8 heteroatoms. The van der Waals surface area contributed by atoms with Crippen molar-refractivity contribution in [2.75, 3.05) is 6.54 Å². The van der Waals surface area contributed by atoms with Crippen molar-refractivity contribution in [2.24, 2.45) is 0 Å². The molecule has 0 saturated heterocycles. The number of halogens is 3. The van der Waals surface area contributed by atoms with Gasteiger partial charge in [0.25, 0.3) is 5.91 Å². The number of amides is 1. The highest BCUT2D eigenvalue weighted by molar-refractivity contribution is 9.42. The fourth-order valence-electron chi connectivity index (χ4n) is 1.49. The molecule has 1 amide bonds. The molecular weight excluding hydrogens is 478 g/mol. The summed E-state index contributed by atoms with van der Waals surface area (Å²) in [6.45, 7) is 2.53. The van der Waals surface area contributed by atoms with Crippen molar-refractivity contribution < 1.29 is 13.2 Å². The molecule has 0 atom stereocenters. The molecule has 0 radical (unpaired) electrons. The number of benzene rings is 1. The van der Waals surface area contributed by atoms with Gasteiger partial charge < -0.3 is 5.32 Å². The molecule has 112 valence electrons. The molecule has 4 nitrogen and oxygen atoms in total. The first kappa shape index (κ1) is 18.1. The van der Waals surface area contributed by atoms with Crippen molar-refractivity contribution in [2.45, 2.75) is 26.1 Å². The Morgan fingerprint density at radius 2 is 1.85 bits per heavy atom. The summed E-state index contributed by atoms with van der Waals surface area (Å²) in [7, 11) is -3.79. The molecule has 1 aromatic carbocycles. The van der Waals surface area contributed by atoms with E-state index in [9.17, 15) is 13.2 Å². The highest BCUT2D eigenvalue weighted by Crippen LogP contribution is 2.43. The summed E-state index contributed by atoms with van der Waals surface area (Å²) in [5, 5.41) is 2.71. The molecular formula is C12H14Br3NO3S. The molecule has 0 aliphatic carbocycles. The van der Waals surface area contributed by atoms with Gasteiger partial charge in [-0.05, 0) is 66.3 Å². The molecule has 0 aliphatic rings. The van der Waals surface area contributed by atoms with Crippen LogP contribution in [-0.4, -0.2) is 22.3 Å². The molecule has 0 spiro atoms. The Morgan fingerprint density at radius 3 is 2.40 bits per heavy atom. The Labute approximate surface area is 144 Å². The Morgan fingerprint density at radius 1 is 1.25 bits per heavy atom. The van der Waals surface area contributed by atoms with Gasteiger partial charge in [-0.2, -0.15) is 0 Å². The van der Waals surface area contributed by atoms with Gasteiger partial charge in [-0.1, -0.05) is 25.5 Å². The predicted octanol–water partition coefficient (Wildman–Crippen LogP) is 3.79. The highest BCUT2D eigenvalue weighted by Gasteiger charge is 2.39. The number of hydrogen-bond acceptors (Lipinski definition) is 3. The fourth-order valence-corrected chi connectivity index (χ4v) is 4.01. The number of sulfone groups is 1. The zero-order valence-electron chi connectivity index (χ0n) is 10.7. The van der Waals surface area contributed by atoms with Gasteiger partial charge in [0, 0.05) is 6.54 Å². The van der Waals surface area contributed by atoms with Crippen LogP contribution in [0.1, 0.15) is 30.1 Å². The number of carbonyl (C=O) groups excluding carboxylic acids is 1. The standard InChI is InChI=1S/C12H14Br3NO3S/c1-2-3-8-16-11(17)9-6-4-5-7-10(9)20(18,19)12(13,14)15/h4-7H,2-3,8H2,1H3,(H,16,17). The number of nitrogens with one attached hydrogen (secondary N) is 1. The maximum absolute atomic E-state index is 12.4. The van der Waals surface area contributed by atoms with Gasteiger partial charge in [0.05, 0.1) is 10.5 Å². The van der Waals surface area contributed by atoms with Crippen LogP contribution in [-0.2, 0) is 9.84 Å². The SMILES string of the molecule is CCCCNC(=O)c1ccccc1S(=O)(=O)C(Br)(Br)Br. The Hall–Kier alpha value is 0.0800. The van der Waals surface area contributed by atoms with Gasteiger partial charge in [-0.15, -0.1) is 0 Å². The van der Waals surface area contributed by atoms with E-state index in [0.717, 1.165) is 12.8 Å². The zero-order valence-corrected chi connectivity index (χ0v) is 16.3. The summed E-state index contributed by atoms with van der Waals surface area (Å²) in [6.07, 6.45) is 1.80. The van der Waals surface area contributed by atoms with Crippen molar-refractivity contribution in [1.29, 1.82) is 0 Å². The first-order valence-corrected chi connectivity index (χ1v) is 9.76. The summed E-state index contributed by atoms with van der Waals surface area (Å²) in [6, 6.07) is 6.11. The van der Waals surface area contributed by atoms with Gasteiger partial charge in [-0.25, -0.2) is 8.42 Å². The summed E-state index contributed by atoms with van der Waals surface area (Å²) < 4.78 is 23.3. The van der Waals surface area contributed by atoms with E-state index in [4.69, 9.17) is 0 Å². The Bertz CT molecular complexity index is 582. The second-order valence-electron chi connectivity index (χ2n) is 4.05. The van der Waals surface area contributed by atoms with Crippen LogP contribution in [0.15, 0.2) is 29.2 Å². The minimum absolute atomic E-state index is 0.0420. The van der Waals surface area contributed by atoms with E-state index in [0.29, 0.717) is 6.54 Å². The lowest BCUT2D eigenvalue weighted by molar-refractivity contribution is 0.0950. The van der Waals surface area contributed by atoms with Crippen molar-refractivity contribution in [3.8, 4) is 0 Å². The molecule has 1 N–H and O–H groups in total. The van der Waals surface area contributed by atoms with E-state index < -0.39 is 17.2 Å². The minimum Gasteiger partial charge on any atom is -0.352 e. The molecule has 0 aromatic heterocycles. The van der Waals surface area contributed by atoms with E-state index >= 15 is 0 Å². The van der Waals surface area contributed by atoms with E-state index in [1.165, 1.54) is 12.1 Å². The molecule has 1 aromatic rings. The lowest BCUT2D eigenvalue weighted by atomic mass is 10.2. The van der Waals surface area contributed by atoms with Gasteiger partial charge in [0.15, 0.2) is 0 Å². The number of carbonyl (C=O) groups is 1. The first-order chi connectivity index (χ1) is 9.21.